The molecule has 3 nitrogen and oxygen atoms in total. The highest BCUT2D eigenvalue weighted by atomic mass is 16.5. The van der Waals surface area contributed by atoms with Gasteiger partial charge >= 0.3 is 7.19 Å². The number of hydrogen-bond donors (Lipinski definition) is 2. The summed E-state index contributed by atoms with van der Waals surface area (Å²) in [6.07, 6.45) is 3.77. The second-order valence-electron chi connectivity index (χ2n) is 4.91. The van der Waals surface area contributed by atoms with E-state index in [1.807, 2.05) is 0 Å². The van der Waals surface area contributed by atoms with Gasteiger partial charge in [0.1, 0.15) is 0 Å². The van der Waals surface area contributed by atoms with Crippen LogP contribution in [-0.2, 0) is 11.1 Å². The van der Waals surface area contributed by atoms with Gasteiger partial charge in [0.2, 0.25) is 0 Å². The lowest BCUT2D eigenvalue weighted by molar-refractivity contribution is 0.220. The van der Waals surface area contributed by atoms with E-state index < -0.39 is 0 Å². The Morgan fingerprint density at radius 3 is 3.24 bits per heavy atom. The minimum Gasteiger partial charge on any atom is -0.403 e. The average Bonchev–Trinajstić information content (AvgIpc) is 2.86. The van der Waals surface area contributed by atoms with E-state index in [1.165, 1.54) is 24.0 Å². The van der Waals surface area contributed by atoms with Crippen LogP contribution in [0.3, 0.4) is 0 Å². The first-order valence-corrected chi connectivity index (χ1v) is 6.61. The van der Waals surface area contributed by atoms with E-state index in [0.717, 1.165) is 13.0 Å². The Morgan fingerprint density at radius 1 is 1.47 bits per heavy atom. The number of unbranched alkanes of at least 4 members (excludes halogenated alkanes) is 1. The van der Waals surface area contributed by atoms with E-state index in [9.17, 15) is 0 Å². The predicted molar refractivity (Wildman–Crippen MR) is 69.6 cm³/mol. The maximum absolute atomic E-state index is 5.99. The van der Waals surface area contributed by atoms with Crippen molar-refractivity contribution in [3.8, 4) is 0 Å². The molecule has 0 aromatic heterocycles. The second kappa shape index (κ2) is 4.80. The lowest BCUT2D eigenvalue weighted by Gasteiger charge is -2.10. The Labute approximate surface area is 103 Å². The van der Waals surface area contributed by atoms with Crippen molar-refractivity contribution in [1.29, 1.82) is 0 Å². The first-order valence-electron chi connectivity index (χ1n) is 6.61. The molecule has 90 valence electrons. The van der Waals surface area contributed by atoms with Crippen molar-refractivity contribution in [2.75, 3.05) is 6.54 Å². The van der Waals surface area contributed by atoms with Crippen LogP contribution in [0.25, 0.3) is 0 Å². The minimum atomic E-state index is 0.0323. The number of benzene rings is 1. The van der Waals surface area contributed by atoms with Crippen LogP contribution in [0.1, 0.15) is 36.9 Å². The summed E-state index contributed by atoms with van der Waals surface area (Å²) in [7, 11) is 0.0323. The van der Waals surface area contributed by atoms with Crippen molar-refractivity contribution in [3.05, 3.63) is 35.4 Å². The largest absolute Gasteiger partial charge is 0.474 e. The molecule has 0 radical (unpaired) electrons. The molecule has 2 aliphatic rings. The Kier molecular flexibility index (Phi) is 3.18. The topological polar surface area (TPSA) is 33.3 Å². The van der Waals surface area contributed by atoms with Crippen LogP contribution in [0.15, 0.2) is 24.3 Å². The fourth-order valence-electron chi connectivity index (χ4n) is 2.78. The summed E-state index contributed by atoms with van der Waals surface area (Å²) in [4.78, 5) is 0. The number of nitrogens with one attached hydrogen (secondary N) is 2. The van der Waals surface area contributed by atoms with Gasteiger partial charge in [-0.05, 0) is 30.5 Å². The zero-order valence-electron chi connectivity index (χ0n) is 10.3. The van der Waals surface area contributed by atoms with Crippen molar-refractivity contribution >= 4 is 7.19 Å². The lowest BCUT2D eigenvalue weighted by atomic mass is 10.00. The predicted octanol–water partition coefficient (Wildman–Crippen LogP) is 1.65. The van der Waals surface area contributed by atoms with Crippen LogP contribution in [0.5, 0.6) is 0 Å². The van der Waals surface area contributed by atoms with Crippen molar-refractivity contribution in [3.63, 3.8) is 0 Å². The number of rotatable bonds is 4. The molecule has 0 amide bonds. The van der Waals surface area contributed by atoms with Gasteiger partial charge in [-0.1, -0.05) is 37.6 Å². The summed E-state index contributed by atoms with van der Waals surface area (Å²) in [5, 5.41) is 6.94. The highest BCUT2D eigenvalue weighted by Crippen LogP contribution is 2.36. The van der Waals surface area contributed by atoms with Gasteiger partial charge in [-0.2, -0.15) is 0 Å². The number of fused-ring (bicyclic) bond motifs is 3. The molecule has 1 saturated heterocycles. The molecular weight excluding hydrogens is 211 g/mol. The third-order valence-electron chi connectivity index (χ3n) is 3.68. The molecule has 0 spiro atoms. The molecule has 0 unspecified atom stereocenters. The Hall–Kier alpha value is -0.835. The first-order chi connectivity index (χ1) is 8.38. The first kappa shape index (κ1) is 11.3. The van der Waals surface area contributed by atoms with Crippen LogP contribution >= 0.6 is 0 Å². The lowest BCUT2D eigenvalue weighted by Crippen LogP contribution is -2.45. The molecule has 4 heteroatoms. The number of hydrogen-bond acceptors (Lipinski definition) is 3. The van der Waals surface area contributed by atoms with Crippen LogP contribution in [0.2, 0.25) is 0 Å². The summed E-state index contributed by atoms with van der Waals surface area (Å²) in [5.41, 5.74) is 2.85. The molecule has 1 fully saturated rings. The molecule has 3 rings (SSSR count). The molecule has 0 bridgehead atoms. The van der Waals surface area contributed by atoms with Gasteiger partial charge in [0.25, 0.3) is 0 Å². The SMILES string of the molecule is CCCCNB1N[C@@H]2c3ccccc3C[C@@H]2O1. The van der Waals surface area contributed by atoms with E-state index in [4.69, 9.17) is 4.65 Å². The molecule has 1 aliphatic heterocycles. The average molecular weight is 230 g/mol. The summed E-state index contributed by atoms with van der Waals surface area (Å²) >= 11 is 0. The Balaban J connectivity index is 1.63. The third kappa shape index (κ3) is 2.13. The Morgan fingerprint density at radius 2 is 2.35 bits per heavy atom. The van der Waals surface area contributed by atoms with Crippen molar-refractivity contribution < 1.29 is 4.65 Å². The zero-order chi connectivity index (χ0) is 11.7. The van der Waals surface area contributed by atoms with Crippen LogP contribution < -0.4 is 10.5 Å². The van der Waals surface area contributed by atoms with E-state index >= 15 is 0 Å². The summed E-state index contributed by atoms with van der Waals surface area (Å²) < 4.78 is 5.99. The quantitative estimate of drug-likeness (QED) is 0.609. The molecule has 1 aromatic rings. The van der Waals surface area contributed by atoms with E-state index in [1.54, 1.807) is 0 Å². The standard InChI is InChI=1S/C13H19BN2O/c1-2-3-8-15-14-16-13-11-7-5-4-6-10(11)9-12(13)17-14/h4-7,12-13,15-16H,2-3,8-9H2,1H3/t12-,13+/m0/s1. The van der Waals surface area contributed by atoms with Gasteiger partial charge in [-0.25, -0.2) is 0 Å². The molecule has 17 heavy (non-hydrogen) atoms. The van der Waals surface area contributed by atoms with E-state index in [-0.39, 0.29) is 7.19 Å². The molecule has 1 aliphatic carbocycles. The molecule has 2 N–H and O–H groups in total. The summed E-state index contributed by atoms with van der Waals surface area (Å²) in [6, 6.07) is 9.02. The maximum Gasteiger partial charge on any atom is 0.474 e. The highest BCUT2D eigenvalue weighted by Gasteiger charge is 2.43. The van der Waals surface area contributed by atoms with Gasteiger partial charge < -0.3 is 15.1 Å². The fourth-order valence-corrected chi connectivity index (χ4v) is 2.78. The maximum atomic E-state index is 5.99. The molecule has 0 saturated carbocycles. The molecule has 2 atom stereocenters. The van der Waals surface area contributed by atoms with E-state index in [0.29, 0.717) is 12.1 Å². The van der Waals surface area contributed by atoms with Crippen molar-refractivity contribution in [2.45, 2.75) is 38.3 Å². The van der Waals surface area contributed by atoms with Gasteiger partial charge in [0.05, 0.1) is 12.1 Å². The monoisotopic (exact) mass is 230 g/mol. The molecule has 1 heterocycles. The van der Waals surface area contributed by atoms with Gasteiger partial charge in [-0.15, -0.1) is 0 Å². The zero-order valence-corrected chi connectivity index (χ0v) is 10.3. The molecule has 1 aromatic carbocycles. The minimum absolute atomic E-state index is 0.0323. The van der Waals surface area contributed by atoms with Gasteiger partial charge in [0, 0.05) is 0 Å². The van der Waals surface area contributed by atoms with E-state index in [2.05, 4.69) is 41.6 Å². The highest BCUT2D eigenvalue weighted by molar-refractivity contribution is 6.46. The van der Waals surface area contributed by atoms with Crippen LogP contribution in [0, 0.1) is 0 Å². The molecular formula is C13H19BN2O. The smallest absolute Gasteiger partial charge is 0.403 e. The van der Waals surface area contributed by atoms with Gasteiger partial charge in [-0.3, -0.25) is 0 Å². The van der Waals surface area contributed by atoms with Crippen molar-refractivity contribution in [1.82, 2.24) is 10.5 Å². The fraction of sp³-hybridized carbons (Fsp3) is 0.538. The van der Waals surface area contributed by atoms with Gasteiger partial charge in [0.15, 0.2) is 0 Å². The normalized spacial score (nSPS) is 26.1. The second-order valence-corrected chi connectivity index (χ2v) is 4.91. The van der Waals surface area contributed by atoms with Crippen LogP contribution in [-0.4, -0.2) is 19.8 Å². The van der Waals surface area contributed by atoms with Crippen LogP contribution in [0.4, 0.5) is 0 Å². The third-order valence-corrected chi connectivity index (χ3v) is 3.68. The Bertz CT molecular complexity index is 399. The summed E-state index contributed by atoms with van der Waals surface area (Å²) in [5.74, 6) is 0. The van der Waals surface area contributed by atoms with Crippen molar-refractivity contribution in [2.24, 2.45) is 0 Å². The summed E-state index contributed by atoms with van der Waals surface area (Å²) in [6.45, 7) is 3.23.